The van der Waals surface area contributed by atoms with E-state index < -0.39 is 18.1 Å². The van der Waals surface area contributed by atoms with Crippen LogP contribution in [0.5, 0.6) is 0 Å². The van der Waals surface area contributed by atoms with E-state index in [4.69, 9.17) is 21.4 Å². The summed E-state index contributed by atoms with van der Waals surface area (Å²) < 4.78 is 5.00. The van der Waals surface area contributed by atoms with E-state index in [1.807, 2.05) is 0 Å². The number of nitrogens with one attached hydrogen (secondary N) is 1. The Morgan fingerprint density at radius 1 is 1.47 bits per heavy atom. The van der Waals surface area contributed by atoms with Gasteiger partial charge in [-0.15, -0.1) is 0 Å². The Bertz CT molecular complexity index is 463. The maximum absolute atomic E-state index is 11.3. The number of carbonyl (C=O) groups is 2. The van der Waals surface area contributed by atoms with Crippen molar-refractivity contribution in [2.75, 3.05) is 6.61 Å². The van der Waals surface area contributed by atoms with E-state index in [0.717, 1.165) is 0 Å². The van der Waals surface area contributed by atoms with Crippen LogP contribution in [0.25, 0.3) is 0 Å². The molecule has 2 atom stereocenters. The SMILES string of the molecule is O=C1CO[C@H](C(=O)O)[C@@H](c2ccccc2Cl)N1. The summed E-state index contributed by atoms with van der Waals surface area (Å²) in [4.78, 5) is 22.3. The quantitative estimate of drug-likeness (QED) is 0.826. The van der Waals surface area contributed by atoms with Gasteiger partial charge in [-0.2, -0.15) is 0 Å². The molecule has 2 N–H and O–H groups in total. The molecule has 0 aromatic heterocycles. The maximum Gasteiger partial charge on any atom is 0.335 e. The zero-order chi connectivity index (χ0) is 12.4. The van der Waals surface area contributed by atoms with E-state index in [0.29, 0.717) is 10.6 Å². The number of ether oxygens (including phenoxy) is 1. The van der Waals surface area contributed by atoms with Crippen molar-refractivity contribution in [1.29, 1.82) is 0 Å². The Labute approximate surface area is 102 Å². The van der Waals surface area contributed by atoms with Crippen LogP contribution in [0.15, 0.2) is 24.3 Å². The molecule has 0 saturated carbocycles. The van der Waals surface area contributed by atoms with Crippen molar-refractivity contribution in [1.82, 2.24) is 5.32 Å². The summed E-state index contributed by atoms with van der Waals surface area (Å²) in [5.74, 6) is -1.48. The highest BCUT2D eigenvalue weighted by molar-refractivity contribution is 6.31. The number of hydrogen-bond donors (Lipinski definition) is 2. The summed E-state index contributed by atoms with van der Waals surface area (Å²) in [5.41, 5.74) is 0.537. The van der Waals surface area contributed by atoms with Crippen LogP contribution in [0, 0.1) is 0 Å². The zero-order valence-electron chi connectivity index (χ0n) is 8.72. The molecule has 2 rings (SSSR count). The van der Waals surface area contributed by atoms with Crippen LogP contribution in [0.1, 0.15) is 11.6 Å². The van der Waals surface area contributed by atoms with Gasteiger partial charge in [0.15, 0.2) is 6.10 Å². The third kappa shape index (κ3) is 2.40. The standard InChI is InChI=1S/C11H10ClNO4/c12-7-4-2-1-3-6(7)9-10(11(15)16)17-5-8(14)13-9/h1-4,9-10H,5H2,(H,13,14)(H,15,16)/t9-,10+/m1/s1. The number of carboxylic acids is 1. The fourth-order valence-electron chi connectivity index (χ4n) is 1.73. The van der Waals surface area contributed by atoms with Gasteiger partial charge in [0.2, 0.25) is 5.91 Å². The van der Waals surface area contributed by atoms with Gasteiger partial charge in [0, 0.05) is 5.02 Å². The first-order valence-corrected chi connectivity index (χ1v) is 5.35. The summed E-state index contributed by atoms with van der Waals surface area (Å²) in [6.07, 6.45) is -1.12. The number of carbonyl (C=O) groups excluding carboxylic acids is 1. The van der Waals surface area contributed by atoms with Crippen molar-refractivity contribution in [2.45, 2.75) is 12.1 Å². The number of amides is 1. The van der Waals surface area contributed by atoms with Gasteiger partial charge in [-0.3, -0.25) is 4.79 Å². The first kappa shape index (κ1) is 11.9. The Hall–Kier alpha value is -1.59. The molecule has 0 bridgehead atoms. The molecule has 1 aromatic carbocycles. The summed E-state index contributed by atoms with van der Waals surface area (Å²) in [6, 6.07) is 5.99. The predicted molar refractivity (Wildman–Crippen MR) is 59.7 cm³/mol. The minimum atomic E-state index is -1.13. The van der Waals surface area contributed by atoms with Gasteiger partial charge < -0.3 is 15.2 Å². The Balaban J connectivity index is 2.35. The van der Waals surface area contributed by atoms with E-state index in [1.54, 1.807) is 24.3 Å². The minimum absolute atomic E-state index is 0.252. The molecule has 17 heavy (non-hydrogen) atoms. The second-order valence-electron chi connectivity index (χ2n) is 3.64. The second kappa shape index (κ2) is 4.73. The monoisotopic (exact) mass is 255 g/mol. The molecule has 5 nitrogen and oxygen atoms in total. The normalized spacial score (nSPS) is 24.2. The van der Waals surface area contributed by atoms with Crippen LogP contribution in [0.4, 0.5) is 0 Å². The van der Waals surface area contributed by atoms with Crippen molar-refractivity contribution in [3.05, 3.63) is 34.9 Å². The molecule has 0 aliphatic carbocycles. The number of morpholine rings is 1. The van der Waals surface area contributed by atoms with Crippen molar-refractivity contribution < 1.29 is 19.4 Å². The molecule has 0 radical (unpaired) electrons. The molecule has 90 valence electrons. The minimum Gasteiger partial charge on any atom is -0.479 e. The lowest BCUT2D eigenvalue weighted by Crippen LogP contribution is -2.49. The molecule has 0 spiro atoms. The number of rotatable bonds is 2. The first-order valence-electron chi connectivity index (χ1n) is 4.98. The van der Waals surface area contributed by atoms with Gasteiger partial charge in [-0.1, -0.05) is 29.8 Å². The molecule has 1 fully saturated rings. The van der Waals surface area contributed by atoms with E-state index in [1.165, 1.54) is 0 Å². The number of hydrogen-bond acceptors (Lipinski definition) is 3. The van der Waals surface area contributed by atoms with Gasteiger partial charge in [0.05, 0.1) is 6.04 Å². The number of aliphatic carboxylic acids is 1. The van der Waals surface area contributed by atoms with Gasteiger partial charge in [-0.25, -0.2) is 4.79 Å². The van der Waals surface area contributed by atoms with Gasteiger partial charge in [0.25, 0.3) is 0 Å². The summed E-state index contributed by atoms with van der Waals surface area (Å²) >= 11 is 5.98. The van der Waals surface area contributed by atoms with Gasteiger partial charge >= 0.3 is 5.97 Å². The second-order valence-corrected chi connectivity index (χ2v) is 4.04. The highest BCUT2D eigenvalue weighted by atomic mass is 35.5. The van der Waals surface area contributed by atoms with Gasteiger partial charge in [-0.05, 0) is 11.6 Å². The Kier molecular flexibility index (Phi) is 3.31. The Morgan fingerprint density at radius 3 is 2.82 bits per heavy atom. The Morgan fingerprint density at radius 2 is 2.18 bits per heavy atom. The molecule has 1 aromatic rings. The largest absolute Gasteiger partial charge is 0.479 e. The van der Waals surface area contributed by atoms with Crippen LogP contribution < -0.4 is 5.32 Å². The number of benzene rings is 1. The molecule has 1 aliphatic heterocycles. The van der Waals surface area contributed by atoms with E-state index in [9.17, 15) is 9.59 Å². The number of halogens is 1. The van der Waals surface area contributed by atoms with Crippen LogP contribution in [0.2, 0.25) is 5.02 Å². The lowest BCUT2D eigenvalue weighted by Gasteiger charge is -2.30. The predicted octanol–water partition coefficient (Wildman–Crippen LogP) is 0.981. The molecule has 0 unspecified atom stereocenters. The average Bonchev–Trinajstić information content (AvgIpc) is 2.29. The lowest BCUT2D eigenvalue weighted by atomic mass is 10.00. The molecular formula is C11H10ClNO4. The molecule has 1 aliphatic rings. The maximum atomic E-state index is 11.3. The third-order valence-corrected chi connectivity index (χ3v) is 2.84. The first-order chi connectivity index (χ1) is 8.09. The number of carboxylic acid groups (broad SMARTS) is 1. The van der Waals surface area contributed by atoms with Crippen molar-refractivity contribution in [3.8, 4) is 0 Å². The summed E-state index contributed by atoms with van der Waals surface area (Å²) in [5, 5.41) is 12.0. The molecule has 1 amide bonds. The topological polar surface area (TPSA) is 75.6 Å². The van der Waals surface area contributed by atoms with Crippen LogP contribution in [-0.4, -0.2) is 29.7 Å². The average molecular weight is 256 g/mol. The molecule has 6 heteroatoms. The van der Waals surface area contributed by atoms with Crippen molar-refractivity contribution in [3.63, 3.8) is 0 Å². The fourth-order valence-corrected chi connectivity index (χ4v) is 1.99. The van der Waals surface area contributed by atoms with Gasteiger partial charge in [0.1, 0.15) is 6.61 Å². The molecule has 1 saturated heterocycles. The van der Waals surface area contributed by atoms with E-state index in [2.05, 4.69) is 5.32 Å². The summed E-state index contributed by atoms with van der Waals surface area (Å²) in [7, 11) is 0. The van der Waals surface area contributed by atoms with E-state index in [-0.39, 0.29) is 12.5 Å². The molecule has 1 heterocycles. The van der Waals surface area contributed by atoms with Crippen LogP contribution >= 0.6 is 11.6 Å². The smallest absolute Gasteiger partial charge is 0.335 e. The van der Waals surface area contributed by atoms with Crippen molar-refractivity contribution in [2.24, 2.45) is 0 Å². The van der Waals surface area contributed by atoms with Crippen LogP contribution in [0.3, 0.4) is 0 Å². The zero-order valence-corrected chi connectivity index (χ0v) is 9.48. The fraction of sp³-hybridized carbons (Fsp3) is 0.273. The van der Waals surface area contributed by atoms with E-state index >= 15 is 0 Å². The highest BCUT2D eigenvalue weighted by Gasteiger charge is 2.36. The summed E-state index contributed by atoms with van der Waals surface area (Å²) in [6.45, 7) is -0.252. The third-order valence-electron chi connectivity index (χ3n) is 2.50. The van der Waals surface area contributed by atoms with Crippen LogP contribution in [-0.2, 0) is 14.3 Å². The lowest BCUT2D eigenvalue weighted by molar-refractivity contribution is -0.160. The highest BCUT2D eigenvalue weighted by Crippen LogP contribution is 2.28. The van der Waals surface area contributed by atoms with Crippen molar-refractivity contribution >= 4 is 23.5 Å². The molecular weight excluding hydrogens is 246 g/mol.